The molecule has 0 aromatic carbocycles. The van der Waals surface area contributed by atoms with Gasteiger partial charge in [-0.25, -0.2) is 4.98 Å². The number of nitrogens with one attached hydrogen (secondary N) is 1. The maximum Gasteiger partial charge on any atom is 0.211 e. The second-order valence-electron chi connectivity index (χ2n) is 4.67. The average Bonchev–Trinajstić information content (AvgIpc) is 2.85. The highest BCUT2D eigenvalue weighted by molar-refractivity contribution is 5.02. The van der Waals surface area contributed by atoms with Crippen molar-refractivity contribution in [2.45, 2.75) is 38.6 Å². The van der Waals surface area contributed by atoms with Gasteiger partial charge in [0.25, 0.3) is 0 Å². The van der Waals surface area contributed by atoms with E-state index in [4.69, 9.17) is 4.42 Å². The van der Waals surface area contributed by atoms with Crippen LogP contribution in [0.15, 0.2) is 10.7 Å². The van der Waals surface area contributed by atoms with Crippen LogP contribution in [-0.4, -0.2) is 36.6 Å². The molecule has 1 saturated heterocycles. The summed E-state index contributed by atoms with van der Waals surface area (Å²) >= 11 is 0. The number of hydrogen-bond donors (Lipinski definition) is 1. The van der Waals surface area contributed by atoms with E-state index in [2.05, 4.69) is 22.1 Å². The van der Waals surface area contributed by atoms with Crippen LogP contribution < -0.4 is 5.32 Å². The number of rotatable bonds is 5. The summed E-state index contributed by atoms with van der Waals surface area (Å²) in [5, 5.41) is 3.13. The summed E-state index contributed by atoms with van der Waals surface area (Å²) < 4.78 is 5.65. The van der Waals surface area contributed by atoms with Crippen LogP contribution in [0.25, 0.3) is 0 Å². The van der Waals surface area contributed by atoms with E-state index in [1.54, 1.807) is 0 Å². The Hall–Kier alpha value is -0.870. The van der Waals surface area contributed by atoms with Crippen LogP contribution in [0.5, 0.6) is 0 Å². The van der Waals surface area contributed by atoms with Crippen molar-refractivity contribution in [1.82, 2.24) is 15.2 Å². The number of nitrogens with zero attached hydrogens (tertiary/aromatic N) is 2. The maximum atomic E-state index is 5.65. The topological polar surface area (TPSA) is 41.3 Å². The Labute approximate surface area is 103 Å². The molecule has 17 heavy (non-hydrogen) atoms. The van der Waals surface area contributed by atoms with E-state index in [0.717, 1.165) is 31.1 Å². The van der Waals surface area contributed by atoms with Gasteiger partial charge in [0.05, 0.1) is 11.7 Å². The van der Waals surface area contributed by atoms with E-state index in [0.29, 0.717) is 6.04 Å². The molecule has 1 aromatic rings. The van der Waals surface area contributed by atoms with Gasteiger partial charge in [-0.3, -0.25) is 4.90 Å². The van der Waals surface area contributed by atoms with Crippen LogP contribution in [0.3, 0.4) is 0 Å². The lowest BCUT2D eigenvalue weighted by Crippen LogP contribution is -2.33. The summed E-state index contributed by atoms with van der Waals surface area (Å²) in [4.78, 5) is 7.09. The van der Waals surface area contributed by atoms with Gasteiger partial charge in [-0.15, -0.1) is 0 Å². The third-order valence-electron chi connectivity index (χ3n) is 3.51. The fraction of sp³-hybridized carbons (Fsp3) is 0.769. The lowest BCUT2D eigenvalue weighted by molar-refractivity contribution is 0.133. The zero-order chi connectivity index (χ0) is 12.1. The molecule has 0 radical (unpaired) electrons. The Bertz CT molecular complexity index is 337. The highest BCUT2D eigenvalue weighted by Gasteiger charge is 2.26. The first-order chi connectivity index (χ1) is 8.35. The number of hydrogen-bond acceptors (Lipinski definition) is 4. The number of likely N-dealkylation sites (N-methyl/N-ethyl adjacent to an activating group) is 1. The molecule has 1 aliphatic rings. The Balaban J connectivity index is 2.02. The van der Waals surface area contributed by atoms with Crippen molar-refractivity contribution in [1.29, 1.82) is 0 Å². The van der Waals surface area contributed by atoms with Crippen LogP contribution in [0, 0.1) is 0 Å². The van der Waals surface area contributed by atoms with Crippen molar-refractivity contribution < 1.29 is 4.42 Å². The van der Waals surface area contributed by atoms with Gasteiger partial charge in [0.2, 0.25) is 5.89 Å². The minimum atomic E-state index is 0.400. The standard InChI is InChI=1S/C13H23N3O/c1-3-16-9-5-4-6-12(16)13-15-11(10-17-13)7-8-14-2/h10,12,14H,3-9H2,1-2H3. The van der Waals surface area contributed by atoms with Crippen LogP contribution in [-0.2, 0) is 6.42 Å². The molecule has 2 heterocycles. The molecule has 2 rings (SSSR count). The molecule has 1 unspecified atom stereocenters. The number of likely N-dealkylation sites (tertiary alicyclic amines) is 1. The van der Waals surface area contributed by atoms with E-state index in [1.807, 2.05) is 13.3 Å². The van der Waals surface area contributed by atoms with Gasteiger partial charge >= 0.3 is 0 Å². The molecule has 1 aliphatic heterocycles. The Morgan fingerprint density at radius 3 is 3.18 bits per heavy atom. The second kappa shape index (κ2) is 6.17. The van der Waals surface area contributed by atoms with Gasteiger partial charge in [0.1, 0.15) is 6.26 Å². The molecule has 0 saturated carbocycles. The predicted octanol–water partition coefficient (Wildman–Crippen LogP) is 1.98. The first-order valence-corrected chi connectivity index (χ1v) is 6.68. The summed E-state index contributed by atoms with van der Waals surface area (Å²) in [6.45, 7) is 5.42. The third-order valence-corrected chi connectivity index (χ3v) is 3.51. The third kappa shape index (κ3) is 3.07. The molecule has 0 amide bonds. The van der Waals surface area contributed by atoms with E-state index >= 15 is 0 Å². The van der Waals surface area contributed by atoms with E-state index < -0.39 is 0 Å². The van der Waals surface area contributed by atoms with E-state index in [-0.39, 0.29) is 0 Å². The first-order valence-electron chi connectivity index (χ1n) is 6.68. The Morgan fingerprint density at radius 2 is 2.41 bits per heavy atom. The molecule has 0 aliphatic carbocycles. The normalized spacial score (nSPS) is 21.9. The summed E-state index contributed by atoms with van der Waals surface area (Å²) in [6.07, 6.45) is 6.53. The Morgan fingerprint density at radius 1 is 1.53 bits per heavy atom. The first kappa shape index (κ1) is 12.6. The molecule has 1 N–H and O–H groups in total. The fourth-order valence-electron chi connectivity index (χ4n) is 2.49. The van der Waals surface area contributed by atoms with Crippen molar-refractivity contribution in [3.05, 3.63) is 17.8 Å². The molecule has 0 spiro atoms. The maximum absolute atomic E-state index is 5.65. The van der Waals surface area contributed by atoms with Gasteiger partial charge in [-0.2, -0.15) is 0 Å². The molecule has 1 aromatic heterocycles. The van der Waals surface area contributed by atoms with Crippen LogP contribution in [0.1, 0.15) is 43.8 Å². The smallest absolute Gasteiger partial charge is 0.211 e. The van der Waals surface area contributed by atoms with Gasteiger partial charge in [-0.1, -0.05) is 13.3 Å². The summed E-state index contributed by atoms with van der Waals surface area (Å²) in [7, 11) is 1.96. The van der Waals surface area contributed by atoms with E-state index in [1.165, 1.54) is 25.8 Å². The minimum Gasteiger partial charge on any atom is -0.447 e. The van der Waals surface area contributed by atoms with Crippen molar-refractivity contribution in [3.8, 4) is 0 Å². The second-order valence-corrected chi connectivity index (χ2v) is 4.67. The van der Waals surface area contributed by atoms with Crippen molar-refractivity contribution in [2.24, 2.45) is 0 Å². The zero-order valence-electron chi connectivity index (χ0n) is 10.9. The van der Waals surface area contributed by atoms with Gasteiger partial charge < -0.3 is 9.73 Å². The molecule has 1 fully saturated rings. The molecule has 4 nitrogen and oxygen atoms in total. The fourth-order valence-corrected chi connectivity index (χ4v) is 2.49. The number of oxazole rings is 1. The lowest BCUT2D eigenvalue weighted by Gasteiger charge is -2.32. The van der Waals surface area contributed by atoms with Gasteiger partial charge in [0, 0.05) is 13.0 Å². The number of aromatic nitrogens is 1. The average molecular weight is 237 g/mol. The summed E-state index contributed by atoms with van der Waals surface area (Å²) in [5.41, 5.74) is 1.07. The molecular formula is C13H23N3O. The number of piperidine rings is 1. The van der Waals surface area contributed by atoms with Crippen LogP contribution >= 0.6 is 0 Å². The van der Waals surface area contributed by atoms with Crippen molar-refractivity contribution in [3.63, 3.8) is 0 Å². The molecule has 4 heteroatoms. The highest BCUT2D eigenvalue weighted by Crippen LogP contribution is 2.29. The van der Waals surface area contributed by atoms with Crippen LogP contribution in [0.4, 0.5) is 0 Å². The van der Waals surface area contributed by atoms with Gasteiger partial charge in [-0.05, 0) is 33.0 Å². The summed E-state index contributed by atoms with van der Waals surface area (Å²) in [6, 6.07) is 0.400. The van der Waals surface area contributed by atoms with Crippen LogP contribution in [0.2, 0.25) is 0 Å². The van der Waals surface area contributed by atoms with Crippen molar-refractivity contribution in [2.75, 3.05) is 26.7 Å². The minimum absolute atomic E-state index is 0.400. The monoisotopic (exact) mass is 237 g/mol. The largest absolute Gasteiger partial charge is 0.447 e. The molecule has 96 valence electrons. The van der Waals surface area contributed by atoms with E-state index in [9.17, 15) is 0 Å². The predicted molar refractivity (Wildman–Crippen MR) is 68.0 cm³/mol. The SMILES string of the molecule is CCN1CCCCC1c1nc(CCNC)co1. The summed E-state index contributed by atoms with van der Waals surface area (Å²) in [5.74, 6) is 0.914. The molecule has 1 atom stereocenters. The Kier molecular flexibility index (Phi) is 4.57. The quantitative estimate of drug-likeness (QED) is 0.850. The van der Waals surface area contributed by atoms with Crippen molar-refractivity contribution >= 4 is 0 Å². The molecular weight excluding hydrogens is 214 g/mol. The van der Waals surface area contributed by atoms with Gasteiger partial charge in [0.15, 0.2) is 0 Å². The molecule has 0 bridgehead atoms. The lowest BCUT2D eigenvalue weighted by atomic mass is 10.0. The zero-order valence-corrected chi connectivity index (χ0v) is 10.9. The highest BCUT2D eigenvalue weighted by atomic mass is 16.3.